The molecule has 220 valence electrons. The van der Waals surface area contributed by atoms with Gasteiger partial charge in [0.2, 0.25) is 17.7 Å². The largest absolute Gasteiger partial charge is 0.444 e. The Labute approximate surface area is 237 Å². The summed E-state index contributed by atoms with van der Waals surface area (Å²) in [5.74, 6) is -1.21. The van der Waals surface area contributed by atoms with E-state index in [9.17, 15) is 19.2 Å². The van der Waals surface area contributed by atoms with Gasteiger partial charge in [0.25, 0.3) is 0 Å². The molecule has 2 aliphatic heterocycles. The van der Waals surface area contributed by atoms with Gasteiger partial charge in [-0.3, -0.25) is 14.4 Å². The minimum atomic E-state index is -0.932. The fourth-order valence-electron chi connectivity index (χ4n) is 5.80. The number of carbonyl (C=O) groups is 4. The van der Waals surface area contributed by atoms with Gasteiger partial charge < -0.3 is 29.9 Å². The van der Waals surface area contributed by atoms with Crippen molar-refractivity contribution in [3.05, 3.63) is 35.9 Å². The van der Waals surface area contributed by atoms with Crippen molar-refractivity contribution >= 4 is 23.8 Å². The van der Waals surface area contributed by atoms with E-state index in [0.29, 0.717) is 26.2 Å². The Kier molecular flexibility index (Phi) is 8.23. The molecule has 1 aromatic carbocycles. The molecule has 10 nitrogen and oxygen atoms in total. The fourth-order valence-corrected chi connectivity index (χ4v) is 5.80. The average Bonchev–Trinajstić information content (AvgIpc) is 3.31. The van der Waals surface area contributed by atoms with Crippen LogP contribution < -0.4 is 10.6 Å². The Balaban J connectivity index is 1.48. The van der Waals surface area contributed by atoms with Crippen LogP contribution in [0.3, 0.4) is 0 Å². The molecule has 4 amide bonds. The number of amides is 4. The highest BCUT2D eigenvalue weighted by Gasteiger charge is 2.62. The minimum absolute atomic E-state index is 0.000678. The summed E-state index contributed by atoms with van der Waals surface area (Å²) in [6, 6.07) is 8.67. The van der Waals surface area contributed by atoms with Crippen molar-refractivity contribution in [2.75, 3.05) is 33.2 Å². The lowest BCUT2D eigenvalue weighted by Crippen LogP contribution is -2.65. The first-order valence-corrected chi connectivity index (χ1v) is 14.1. The van der Waals surface area contributed by atoms with Gasteiger partial charge in [0, 0.05) is 44.6 Å². The molecule has 1 spiro atoms. The smallest absolute Gasteiger partial charge is 0.410 e. The van der Waals surface area contributed by atoms with Crippen molar-refractivity contribution in [1.82, 2.24) is 20.4 Å². The van der Waals surface area contributed by atoms with Gasteiger partial charge in [0.05, 0.1) is 18.6 Å². The first-order valence-electron chi connectivity index (χ1n) is 14.1. The van der Waals surface area contributed by atoms with Crippen molar-refractivity contribution in [3.8, 4) is 0 Å². The second kappa shape index (κ2) is 11.0. The van der Waals surface area contributed by atoms with Crippen LogP contribution in [-0.4, -0.2) is 84.6 Å². The summed E-state index contributed by atoms with van der Waals surface area (Å²) in [5.41, 5.74) is -0.320. The molecule has 1 saturated carbocycles. The van der Waals surface area contributed by atoms with Gasteiger partial charge in [-0.2, -0.15) is 0 Å². The van der Waals surface area contributed by atoms with E-state index in [2.05, 4.69) is 24.5 Å². The zero-order valence-corrected chi connectivity index (χ0v) is 24.8. The molecule has 2 unspecified atom stereocenters. The van der Waals surface area contributed by atoms with E-state index >= 15 is 0 Å². The van der Waals surface area contributed by atoms with E-state index in [-0.39, 0.29) is 35.6 Å². The molecule has 2 saturated heterocycles. The maximum atomic E-state index is 13.8. The molecule has 3 fully saturated rings. The zero-order chi connectivity index (χ0) is 29.5. The second-order valence-electron chi connectivity index (χ2n) is 13.3. The molecule has 0 aromatic heterocycles. The van der Waals surface area contributed by atoms with E-state index in [4.69, 9.17) is 9.47 Å². The van der Waals surface area contributed by atoms with Gasteiger partial charge in [-0.25, -0.2) is 4.79 Å². The van der Waals surface area contributed by atoms with E-state index < -0.39 is 35.2 Å². The van der Waals surface area contributed by atoms with Gasteiger partial charge in [-0.05, 0) is 45.1 Å². The molecule has 3 aliphatic rings. The predicted octanol–water partition coefficient (Wildman–Crippen LogP) is 2.56. The molecule has 0 radical (unpaired) electrons. The van der Waals surface area contributed by atoms with Crippen LogP contribution in [0.15, 0.2) is 30.3 Å². The molecular weight excluding hydrogens is 512 g/mol. The van der Waals surface area contributed by atoms with Crippen molar-refractivity contribution in [3.63, 3.8) is 0 Å². The third kappa shape index (κ3) is 6.43. The van der Waals surface area contributed by atoms with Crippen LogP contribution in [0.1, 0.15) is 53.5 Å². The standard InChI is InChI=1S/C30H44N4O6/c1-19(39-15-20-11-9-8-10-12-20)23(25(36)31-7)32-24(35)22-14-33(27(38)40-28(2,3)4)16-30(22)17-34(18-30)26(37)21-13-29(21,5)6/h8-12,19,21-23H,13-18H2,1-7H3,(H,31,36)(H,32,35)/t19-,21?,22?,23+/m1/s1. The lowest BCUT2D eigenvalue weighted by atomic mass is 9.70. The maximum Gasteiger partial charge on any atom is 0.410 e. The quantitative estimate of drug-likeness (QED) is 0.508. The third-order valence-corrected chi connectivity index (χ3v) is 8.40. The number of rotatable bonds is 8. The molecule has 1 aliphatic carbocycles. The van der Waals surface area contributed by atoms with E-state index in [1.54, 1.807) is 37.5 Å². The van der Waals surface area contributed by atoms with E-state index in [0.717, 1.165) is 12.0 Å². The molecule has 2 N–H and O–H groups in total. The number of nitrogens with one attached hydrogen (secondary N) is 2. The van der Waals surface area contributed by atoms with Crippen LogP contribution >= 0.6 is 0 Å². The van der Waals surface area contributed by atoms with Gasteiger partial charge in [-0.15, -0.1) is 0 Å². The summed E-state index contributed by atoms with van der Waals surface area (Å²) in [5, 5.41) is 5.53. The molecule has 10 heteroatoms. The number of benzene rings is 1. The number of ether oxygens (including phenoxy) is 2. The van der Waals surface area contributed by atoms with Crippen molar-refractivity contribution < 1.29 is 28.7 Å². The number of carbonyl (C=O) groups excluding carboxylic acids is 4. The first-order chi connectivity index (χ1) is 18.7. The summed E-state index contributed by atoms with van der Waals surface area (Å²) in [6.45, 7) is 12.8. The van der Waals surface area contributed by atoms with Crippen LogP contribution in [0.2, 0.25) is 0 Å². The van der Waals surface area contributed by atoms with Crippen molar-refractivity contribution in [1.29, 1.82) is 0 Å². The highest BCUT2D eigenvalue weighted by molar-refractivity contribution is 5.90. The fraction of sp³-hybridized carbons (Fsp3) is 0.667. The van der Waals surface area contributed by atoms with Crippen molar-refractivity contribution in [2.45, 2.75) is 72.3 Å². The first kappa shape index (κ1) is 29.8. The summed E-state index contributed by atoms with van der Waals surface area (Å²) in [4.78, 5) is 56.1. The Morgan fingerprint density at radius 2 is 1.62 bits per heavy atom. The van der Waals surface area contributed by atoms with Gasteiger partial charge in [-0.1, -0.05) is 44.2 Å². The monoisotopic (exact) mass is 556 g/mol. The lowest BCUT2D eigenvalue weighted by molar-refractivity contribution is -0.152. The lowest BCUT2D eigenvalue weighted by Gasteiger charge is -2.50. The molecule has 0 bridgehead atoms. The summed E-state index contributed by atoms with van der Waals surface area (Å²) in [7, 11) is 1.52. The van der Waals surface area contributed by atoms with Crippen molar-refractivity contribution in [2.24, 2.45) is 22.7 Å². The number of hydrogen-bond donors (Lipinski definition) is 2. The minimum Gasteiger partial charge on any atom is -0.444 e. The number of nitrogens with zero attached hydrogens (tertiary/aromatic N) is 2. The second-order valence-corrected chi connectivity index (χ2v) is 13.3. The molecular formula is C30H44N4O6. The zero-order valence-electron chi connectivity index (χ0n) is 24.8. The highest BCUT2D eigenvalue weighted by Crippen LogP contribution is 2.54. The molecule has 40 heavy (non-hydrogen) atoms. The van der Waals surface area contributed by atoms with Crippen LogP contribution in [0.4, 0.5) is 4.79 Å². The Morgan fingerprint density at radius 3 is 2.17 bits per heavy atom. The number of likely N-dealkylation sites (N-methyl/N-ethyl adjacent to an activating group) is 1. The van der Waals surface area contributed by atoms with Crippen LogP contribution in [0, 0.1) is 22.7 Å². The molecule has 2 heterocycles. The molecule has 4 rings (SSSR count). The van der Waals surface area contributed by atoms with Crippen LogP contribution in [-0.2, 0) is 30.5 Å². The van der Waals surface area contributed by atoms with Gasteiger partial charge in [0.15, 0.2) is 0 Å². The predicted molar refractivity (Wildman–Crippen MR) is 149 cm³/mol. The van der Waals surface area contributed by atoms with Gasteiger partial charge >= 0.3 is 6.09 Å². The summed E-state index contributed by atoms with van der Waals surface area (Å²) >= 11 is 0. The SMILES string of the molecule is CNC(=O)[C@@H](NC(=O)C1CN(C(=O)OC(C)(C)C)CC12CN(C(=O)C1CC1(C)C)C2)[C@@H](C)OCc1ccccc1. The summed E-state index contributed by atoms with van der Waals surface area (Å²) < 4.78 is 11.6. The number of hydrogen-bond acceptors (Lipinski definition) is 6. The maximum absolute atomic E-state index is 13.8. The van der Waals surface area contributed by atoms with Gasteiger partial charge in [0.1, 0.15) is 11.6 Å². The Morgan fingerprint density at radius 1 is 1.02 bits per heavy atom. The number of likely N-dealkylation sites (tertiary alicyclic amines) is 2. The molecule has 4 atom stereocenters. The normalized spacial score (nSPS) is 24.1. The van der Waals surface area contributed by atoms with Crippen LogP contribution in [0.5, 0.6) is 0 Å². The van der Waals surface area contributed by atoms with Crippen LogP contribution in [0.25, 0.3) is 0 Å². The van der Waals surface area contributed by atoms with E-state index in [1.807, 2.05) is 30.3 Å². The third-order valence-electron chi connectivity index (χ3n) is 8.40. The highest BCUT2D eigenvalue weighted by atomic mass is 16.6. The molecule has 1 aromatic rings. The topological polar surface area (TPSA) is 117 Å². The summed E-state index contributed by atoms with van der Waals surface area (Å²) in [6.07, 6.45) is -0.240. The van der Waals surface area contributed by atoms with E-state index in [1.165, 1.54) is 7.05 Å². The Bertz CT molecular complexity index is 1120. The average molecular weight is 557 g/mol. The Hall–Kier alpha value is -3.14.